The maximum absolute atomic E-state index is 6.09. The molecule has 0 aromatic carbocycles. The van der Waals surface area contributed by atoms with Crippen molar-refractivity contribution in [3.8, 4) is 0 Å². The van der Waals surface area contributed by atoms with E-state index in [2.05, 4.69) is 42.6 Å². The number of nitrogens with zero attached hydrogens (tertiary/aromatic N) is 2. The molecule has 1 N–H and O–H groups in total. The Morgan fingerprint density at radius 2 is 2.00 bits per heavy atom. The third kappa shape index (κ3) is 2.75. The zero-order valence-electron chi connectivity index (χ0n) is 12.4. The fraction of sp³-hybridized carbons (Fsp3) is 0.786. The van der Waals surface area contributed by atoms with Gasteiger partial charge in [-0.05, 0) is 33.7 Å². The molecule has 1 unspecified atom stereocenters. The second-order valence-electron chi connectivity index (χ2n) is 4.50. The van der Waals surface area contributed by atoms with Crippen LogP contribution in [0.3, 0.4) is 0 Å². The van der Waals surface area contributed by atoms with Gasteiger partial charge in [0.25, 0.3) is 0 Å². The number of nitrogens with one attached hydrogen (secondary N) is 1. The van der Waals surface area contributed by atoms with Crippen molar-refractivity contribution in [1.82, 2.24) is 14.9 Å². The van der Waals surface area contributed by atoms with Crippen LogP contribution >= 0.6 is 0 Å². The first kappa shape index (κ1) is 15.2. The Labute approximate surface area is 111 Å². The molecule has 1 atom stereocenters. The smallest absolute Gasteiger partial charge is 0.128 e. The van der Waals surface area contributed by atoms with Gasteiger partial charge in [0.15, 0.2) is 0 Å². The van der Waals surface area contributed by atoms with Crippen LogP contribution in [0.2, 0.25) is 0 Å². The summed E-state index contributed by atoms with van der Waals surface area (Å²) < 4.78 is 8.27. The van der Waals surface area contributed by atoms with E-state index in [9.17, 15) is 0 Å². The molecule has 1 aromatic heterocycles. The molecule has 0 fully saturated rings. The van der Waals surface area contributed by atoms with Crippen molar-refractivity contribution < 1.29 is 4.74 Å². The van der Waals surface area contributed by atoms with Crippen LogP contribution in [0.15, 0.2) is 12.4 Å². The lowest BCUT2D eigenvalue weighted by Crippen LogP contribution is -2.45. The molecule has 0 aliphatic carbocycles. The van der Waals surface area contributed by atoms with Gasteiger partial charge in [-0.25, -0.2) is 4.98 Å². The zero-order valence-corrected chi connectivity index (χ0v) is 12.4. The van der Waals surface area contributed by atoms with Crippen LogP contribution < -0.4 is 5.32 Å². The highest BCUT2D eigenvalue weighted by molar-refractivity contribution is 5.07. The number of rotatable bonds is 8. The molecule has 1 rings (SSSR count). The number of ether oxygens (including phenoxy) is 1. The number of hydrogen-bond donors (Lipinski definition) is 1. The van der Waals surface area contributed by atoms with Crippen LogP contribution in [0, 0.1) is 0 Å². The van der Waals surface area contributed by atoms with Gasteiger partial charge in [-0.1, -0.05) is 13.8 Å². The van der Waals surface area contributed by atoms with Crippen LogP contribution in [0.4, 0.5) is 0 Å². The summed E-state index contributed by atoms with van der Waals surface area (Å²) in [6, 6.07) is 0.127. The van der Waals surface area contributed by atoms with Crippen molar-refractivity contribution >= 4 is 0 Å². The Morgan fingerprint density at radius 3 is 2.44 bits per heavy atom. The monoisotopic (exact) mass is 253 g/mol. The largest absolute Gasteiger partial charge is 0.373 e. The molecule has 1 heterocycles. The third-order valence-corrected chi connectivity index (χ3v) is 3.79. The summed E-state index contributed by atoms with van der Waals surface area (Å²) in [6.45, 7) is 10.2. The summed E-state index contributed by atoms with van der Waals surface area (Å²) in [7, 11) is 1.98. The lowest BCUT2D eigenvalue weighted by Gasteiger charge is -2.39. The standard InChI is InChI=1S/C14H27N3O/c1-6-14(7-2,18-9-4)12(15-5)13-16-10-11-17(13)8-3/h10-12,15H,6-9H2,1-5H3. The fourth-order valence-corrected chi connectivity index (χ4v) is 2.71. The Balaban J connectivity index is 3.13. The molecule has 4 heteroatoms. The summed E-state index contributed by atoms with van der Waals surface area (Å²) in [5, 5.41) is 3.40. The normalized spacial score (nSPS) is 13.8. The van der Waals surface area contributed by atoms with E-state index in [0.717, 1.165) is 31.8 Å². The SMILES string of the molecule is CCOC(CC)(CC)C(NC)c1nccn1CC. The van der Waals surface area contributed by atoms with Crippen molar-refractivity contribution in [1.29, 1.82) is 0 Å². The van der Waals surface area contributed by atoms with Gasteiger partial charge in [-0.2, -0.15) is 0 Å². The van der Waals surface area contributed by atoms with Crippen LogP contribution in [0.1, 0.15) is 52.4 Å². The lowest BCUT2D eigenvalue weighted by atomic mass is 9.87. The Bertz CT molecular complexity index is 345. The van der Waals surface area contributed by atoms with Crippen LogP contribution in [-0.4, -0.2) is 28.8 Å². The van der Waals surface area contributed by atoms with E-state index < -0.39 is 0 Å². The molecular formula is C14H27N3O. The van der Waals surface area contributed by atoms with E-state index in [0.29, 0.717) is 0 Å². The minimum atomic E-state index is -0.179. The molecule has 0 aliphatic rings. The van der Waals surface area contributed by atoms with Crippen molar-refractivity contribution in [3.63, 3.8) is 0 Å². The van der Waals surface area contributed by atoms with E-state index in [1.807, 2.05) is 19.4 Å². The average Bonchev–Trinajstić information content (AvgIpc) is 2.86. The summed E-state index contributed by atoms with van der Waals surface area (Å²) in [6.07, 6.45) is 5.84. The first-order valence-electron chi connectivity index (χ1n) is 7.01. The fourth-order valence-electron chi connectivity index (χ4n) is 2.71. The number of aryl methyl sites for hydroxylation is 1. The third-order valence-electron chi connectivity index (χ3n) is 3.79. The maximum atomic E-state index is 6.09. The molecule has 1 aromatic rings. The molecular weight excluding hydrogens is 226 g/mol. The number of aromatic nitrogens is 2. The van der Waals surface area contributed by atoms with Crippen molar-refractivity contribution in [2.24, 2.45) is 0 Å². The molecule has 0 amide bonds. The highest BCUT2D eigenvalue weighted by atomic mass is 16.5. The lowest BCUT2D eigenvalue weighted by molar-refractivity contribution is -0.0742. The van der Waals surface area contributed by atoms with Gasteiger partial charge in [-0.15, -0.1) is 0 Å². The molecule has 0 radical (unpaired) electrons. The number of imidazole rings is 1. The van der Waals surface area contributed by atoms with Crippen LogP contribution in [0.5, 0.6) is 0 Å². The van der Waals surface area contributed by atoms with Crippen molar-refractivity contribution in [2.45, 2.75) is 58.7 Å². The van der Waals surface area contributed by atoms with Gasteiger partial charge in [0.05, 0.1) is 11.6 Å². The Kier molecular flexibility index (Phi) is 5.82. The van der Waals surface area contributed by atoms with Gasteiger partial charge in [0.2, 0.25) is 0 Å². The number of likely N-dealkylation sites (N-methyl/N-ethyl adjacent to an activating group) is 1. The average molecular weight is 253 g/mol. The number of hydrogen-bond acceptors (Lipinski definition) is 3. The van der Waals surface area contributed by atoms with Gasteiger partial charge < -0.3 is 14.6 Å². The quantitative estimate of drug-likeness (QED) is 0.774. The van der Waals surface area contributed by atoms with E-state index >= 15 is 0 Å². The topological polar surface area (TPSA) is 39.1 Å². The minimum absolute atomic E-state index is 0.127. The second kappa shape index (κ2) is 6.90. The molecule has 0 saturated carbocycles. The summed E-state index contributed by atoms with van der Waals surface area (Å²) >= 11 is 0. The summed E-state index contributed by atoms with van der Waals surface area (Å²) in [5.74, 6) is 1.07. The van der Waals surface area contributed by atoms with Crippen molar-refractivity contribution in [3.05, 3.63) is 18.2 Å². The molecule has 0 saturated heterocycles. The molecule has 104 valence electrons. The predicted molar refractivity (Wildman–Crippen MR) is 74.6 cm³/mol. The zero-order chi connectivity index (χ0) is 13.6. The van der Waals surface area contributed by atoms with Crippen LogP contribution in [-0.2, 0) is 11.3 Å². The summed E-state index contributed by atoms with van der Waals surface area (Å²) in [5.41, 5.74) is -0.179. The highest BCUT2D eigenvalue weighted by Crippen LogP contribution is 2.34. The van der Waals surface area contributed by atoms with Crippen molar-refractivity contribution in [2.75, 3.05) is 13.7 Å². The van der Waals surface area contributed by atoms with Gasteiger partial charge in [-0.3, -0.25) is 0 Å². The van der Waals surface area contributed by atoms with Gasteiger partial charge in [0.1, 0.15) is 5.82 Å². The van der Waals surface area contributed by atoms with Gasteiger partial charge >= 0.3 is 0 Å². The predicted octanol–water partition coefficient (Wildman–Crippen LogP) is 2.76. The van der Waals surface area contributed by atoms with Gasteiger partial charge in [0, 0.05) is 25.5 Å². The maximum Gasteiger partial charge on any atom is 0.128 e. The molecule has 0 spiro atoms. The molecule has 18 heavy (non-hydrogen) atoms. The first-order valence-corrected chi connectivity index (χ1v) is 7.01. The minimum Gasteiger partial charge on any atom is -0.373 e. The molecule has 4 nitrogen and oxygen atoms in total. The molecule has 0 bridgehead atoms. The highest BCUT2D eigenvalue weighted by Gasteiger charge is 2.38. The second-order valence-corrected chi connectivity index (χ2v) is 4.50. The first-order chi connectivity index (χ1) is 8.68. The van der Waals surface area contributed by atoms with E-state index in [4.69, 9.17) is 4.74 Å². The van der Waals surface area contributed by atoms with E-state index in [-0.39, 0.29) is 11.6 Å². The summed E-state index contributed by atoms with van der Waals surface area (Å²) in [4.78, 5) is 4.52. The van der Waals surface area contributed by atoms with E-state index in [1.165, 1.54) is 0 Å². The van der Waals surface area contributed by atoms with E-state index in [1.54, 1.807) is 0 Å². The Morgan fingerprint density at radius 1 is 1.33 bits per heavy atom. The van der Waals surface area contributed by atoms with Crippen LogP contribution in [0.25, 0.3) is 0 Å². The Hall–Kier alpha value is -0.870. The molecule has 0 aliphatic heterocycles.